The average molecular weight is 378 g/mol. The highest BCUT2D eigenvalue weighted by Gasteiger charge is 2.17. The molecule has 1 aliphatic heterocycles. The van der Waals surface area contributed by atoms with Crippen molar-refractivity contribution < 1.29 is 9.18 Å². The Balaban J connectivity index is 1.49. The van der Waals surface area contributed by atoms with Crippen LogP contribution in [0.15, 0.2) is 54.7 Å². The minimum absolute atomic E-state index is 0.259. The molecule has 0 bridgehead atoms. The third-order valence-electron chi connectivity index (χ3n) is 5.18. The minimum Gasteiger partial charge on any atom is -0.372 e. The van der Waals surface area contributed by atoms with Crippen LogP contribution in [0.1, 0.15) is 35.3 Å². The molecule has 0 aliphatic carbocycles. The fourth-order valence-electron chi connectivity index (χ4n) is 3.61. The van der Waals surface area contributed by atoms with Crippen LogP contribution >= 0.6 is 0 Å². The van der Waals surface area contributed by atoms with Crippen molar-refractivity contribution in [2.75, 3.05) is 23.3 Å². The maximum atomic E-state index is 14.0. The first-order chi connectivity index (χ1) is 13.6. The second kappa shape index (κ2) is 7.84. The van der Waals surface area contributed by atoms with E-state index in [0.717, 1.165) is 18.8 Å². The van der Waals surface area contributed by atoms with Crippen LogP contribution in [-0.4, -0.2) is 28.8 Å². The van der Waals surface area contributed by atoms with Gasteiger partial charge in [-0.3, -0.25) is 4.79 Å². The van der Waals surface area contributed by atoms with E-state index in [0.29, 0.717) is 16.9 Å². The van der Waals surface area contributed by atoms with Crippen molar-refractivity contribution in [3.8, 4) is 5.69 Å². The highest BCUT2D eigenvalue weighted by molar-refractivity contribution is 6.05. The smallest absolute Gasteiger partial charge is 0.259 e. The van der Waals surface area contributed by atoms with Gasteiger partial charge in [0, 0.05) is 24.5 Å². The highest BCUT2D eigenvalue weighted by atomic mass is 19.1. The van der Waals surface area contributed by atoms with Crippen molar-refractivity contribution in [2.24, 2.45) is 0 Å². The number of carbonyl (C=O) groups is 1. The van der Waals surface area contributed by atoms with E-state index in [1.165, 1.54) is 41.9 Å². The SMILES string of the molecule is Cc1c(C(=O)Nc2ccc(N3CCCCC3)cc2)cnn1-c1ccccc1F. The zero-order valence-corrected chi connectivity index (χ0v) is 15.9. The molecule has 5 nitrogen and oxygen atoms in total. The van der Waals surface area contributed by atoms with Gasteiger partial charge < -0.3 is 10.2 Å². The predicted molar refractivity (Wildman–Crippen MR) is 109 cm³/mol. The van der Waals surface area contributed by atoms with Crippen LogP contribution in [-0.2, 0) is 0 Å². The van der Waals surface area contributed by atoms with Crippen molar-refractivity contribution >= 4 is 17.3 Å². The maximum Gasteiger partial charge on any atom is 0.259 e. The number of nitrogens with zero attached hydrogens (tertiary/aromatic N) is 3. The Labute approximate surface area is 163 Å². The normalized spacial score (nSPS) is 14.1. The molecule has 6 heteroatoms. The van der Waals surface area contributed by atoms with E-state index >= 15 is 0 Å². The summed E-state index contributed by atoms with van der Waals surface area (Å²) < 4.78 is 15.5. The van der Waals surface area contributed by atoms with Gasteiger partial charge in [0.2, 0.25) is 0 Å². The van der Waals surface area contributed by atoms with Crippen LogP contribution in [0.3, 0.4) is 0 Å². The van der Waals surface area contributed by atoms with Crippen LogP contribution < -0.4 is 10.2 Å². The van der Waals surface area contributed by atoms with Gasteiger partial charge in [0.1, 0.15) is 11.5 Å². The molecule has 28 heavy (non-hydrogen) atoms. The Morgan fingerprint density at radius 2 is 1.75 bits per heavy atom. The largest absolute Gasteiger partial charge is 0.372 e. The number of piperidine rings is 1. The lowest BCUT2D eigenvalue weighted by Gasteiger charge is -2.28. The van der Waals surface area contributed by atoms with Crippen molar-refractivity contribution in [1.82, 2.24) is 9.78 Å². The van der Waals surface area contributed by atoms with Crippen molar-refractivity contribution in [2.45, 2.75) is 26.2 Å². The molecular formula is C22H23FN4O. The molecule has 0 unspecified atom stereocenters. The van der Waals surface area contributed by atoms with Gasteiger partial charge in [-0.25, -0.2) is 9.07 Å². The molecule has 4 rings (SSSR count). The number of benzene rings is 2. The lowest BCUT2D eigenvalue weighted by atomic mass is 10.1. The number of nitrogens with one attached hydrogen (secondary N) is 1. The quantitative estimate of drug-likeness (QED) is 0.724. The lowest BCUT2D eigenvalue weighted by Crippen LogP contribution is -2.29. The second-order valence-corrected chi connectivity index (χ2v) is 7.06. The van der Waals surface area contributed by atoms with Crippen molar-refractivity contribution in [3.63, 3.8) is 0 Å². The molecule has 1 aliphatic rings. The number of carbonyl (C=O) groups excluding carboxylic acids is 1. The average Bonchev–Trinajstić information content (AvgIpc) is 3.11. The van der Waals surface area contributed by atoms with Gasteiger partial charge in [-0.15, -0.1) is 0 Å². The maximum absolute atomic E-state index is 14.0. The standard InChI is InChI=1S/C22H23FN4O/c1-16-19(15-24-27(16)21-8-4-3-7-20(21)23)22(28)25-17-9-11-18(12-10-17)26-13-5-2-6-14-26/h3-4,7-12,15H,2,5-6,13-14H2,1H3,(H,25,28). The number of rotatable bonds is 4. The molecule has 1 fully saturated rings. The number of para-hydroxylation sites is 1. The number of amides is 1. The van der Waals surface area contributed by atoms with E-state index in [-0.39, 0.29) is 11.7 Å². The van der Waals surface area contributed by atoms with E-state index < -0.39 is 0 Å². The van der Waals surface area contributed by atoms with E-state index in [4.69, 9.17) is 0 Å². The summed E-state index contributed by atoms with van der Waals surface area (Å²) in [6.45, 7) is 3.92. The molecule has 3 aromatic rings. The molecule has 1 amide bonds. The fourth-order valence-corrected chi connectivity index (χ4v) is 3.61. The van der Waals surface area contributed by atoms with Crippen LogP contribution in [0.2, 0.25) is 0 Å². The Morgan fingerprint density at radius 1 is 1.04 bits per heavy atom. The zero-order chi connectivity index (χ0) is 19.5. The van der Waals surface area contributed by atoms with E-state index in [1.807, 2.05) is 24.3 Å². The first-order valence-corrected chi connectivity index (χ1v) is 9.59. The number of halogens is 1. The summed E-state index contributed by atoms with van der Waals surface area (Å²) in [4.78, 5) is 15.1. The molecular weight excluding hydrogens is 355 g/mol. The molecule has 0 radical (unpaired) electrons. The van der Waals surface area contributed by atoms with Gasteiger partial charge >= 0.3 is 0 Å². The Bertz CT molecular complexity index is 974. The highest BCUT2D eigenvalue weighted by Crippen LogP contribution is 2.23. The summed E-state index contributed by atoms with van der Waals surface area (Å²) in [5.74, 6) is -0.639. The minimum atomic E-state index is -0.381. The van der Waals surface area contributed by atoms with E-state index in [1.54, 1.807) is 25.1 Å². The van der Waals surface area contributed by atoms with Gasteiger partial charge in [-0.05, 0) is 62.6 Å². The lowest BCUT2D eigenvalue weighted by molar-refractivity contribution is 0.102. The molecule has 0 atom stereocenters. The van der Waals surface area contributed by atoms with Crippen LogP contribution in [0.25, 0.3) is 5.69 Å². The van der Waals surface area contributed by atoms with Gasteiger partial charge in [0.05, 0.1) is 17.5 Å². The number of anilines is 2. The molecule has 0 spiro atoms. The summed E-state index contributed by atoms with van der Waals surface area (Å²) in [5.41, 5.74) is 3.24. The second-order valence-electron chi connectivity index (χ2n) is 7.06. The van der Waals surface area contributed by atoms with Gasteiger partial charge in [0.25, 0.3) is 5.91 Å². The molecule has 0 saturated carbocycles. The summed E-state index contributed by atoms with van der Waals surface area (Å²) in [5, 5.41) is 7.10. The molecule has 2 aromatic carbocycles. The van der Waals surface area contributed by atoms with Crippen LogP contribution in [0.5, 0.6) is 0 Å². The van der Waals surface area contributed by atoms with Crippen molar-refractivity contribution in [3.05, 3.63) is 71.8 Å². The molecule has 1 saturated heterocycles. The Hall–Kier alpha value is -3.15. The number of hydrogen-bond acceptors (Lipinski definition) is 3. The monoisotopic (exact) mass is 378 g/mol. The van der Waals surface area contributed by atoms with Gasteiger partial charge in [-0.1, -0.05) is 12.1 Å². The van der Waals surface area contributed by atoms with Gasteiger partial charge in [-0.2, -0.15) is 5.10 Å². The fraction of sp³-hybridized carbons (Fsp3) is 0.273. The summed E-state index contributed by atoms with van der Waals surface area (Å²) >= 11 is 0. The number of aromatic nitrogens is 2. The van der Waals surface area contributed by atoms with Crippen LogP contribution in [0, 0.1) is 12.7 Å². The number of hydrogen-bond donors (Lipinski definition) is 1. The van der Waals surface area contributed by atoms with Gasteiger partial charge in [0.15, 0.2) is 0 Å². The van der Waals surface area contributed by atoms with E-state index in [2.05, 4.69) is 15.3 Å². The molecule has 1 N–H and O–H groups in total. The van der Waals surface area contributed by atoms with Crippen LogP contribution in [0.4, 0.5) is 15.8 Å². The third kappa shape index (κ3) is 3.63. The summed E-state index contributed by atoms with van der Waals surface area (Å²) in [6, 6.07) is 14.3. The first kappa shape index (κ1) is 18.2. The summed E-state index contributed by atoms with van der Waals surface area (Å²) in [6.07, 6.45) is 5.22. The van der Waals surface area contributed by atoms with Crippen molar-refractivity contribution in [1.29, 1.82) is 0 Å². The predicted octanol–water partition coefficient (Wildman–Crippen LogP) is 4.56. The summed E-state index contributed by atoms with van der Waals surface area (Å²) in [7, 11) is 0. The zero-order valence-electron chi connectivity index (χ0n) is 15.9. The topological polar surface area (TPSA) is 50.2 Å². The Morgan fingerprint density at radius 3 is 2.46 bits per heavy atom. The molecule has 1 aromatic heterocycles. The third-order valence-corrected chi connectivity index (χ3v) is 5.18. The molecule has 144 valence electrons. The molecule has 2 heterocycles. The van der Waals surface area contributed by atoms with E-state index in [9.17, 15) is 9.18 Å². The first-order valence-electron chi connectivity index (χ1n) is 9.59. The Kier molecular flexibility index (Phi) is 5.10.